The van der Waals surface area contributed by atoms with Gasteiger partial charge in [-0.1, -0.05) is 0 Å². The lowest BCUT2D eigenvalue weighted by Gasteiger charge is -2.42. The summed E-state index contributed by atoms with van der Waals surface area (Å²) < 4.78 is 21.7. The highest BCUT2D eigenvalue weighted by Gasteiger charge is 2.60. The number of nitrogens with two attached hydrogens (primary N) is 1. The number of hydrogen-bond donors (Lipinski definition) is 1. The molecule has 7 heteroatoms. The molecule has 1 heterocycles. The number of primary amides is 1. The molecule has 2 N–H and O–H groups in total. The van der Waals surface area contributed by atoms with Gasteiger partial charge < -0.3 is 5.73 Å². The van der Waals surface area contributed by atoms with Gasteiger partial charge in [0, 0.05) is 0 Å². The van der Waals surface area contributed by atoms with Crippen LogP contribution in [0.3, 0.4) is 0 Å². The Bertz CT molecular complexity index is 370. The van der Waals surface area contributed by atoms with E-state index < -0.39 is 33.1 Å². The first-order chi connectivity index (χ1) is 5.71. The van der Waals surface area contributed by atoms with E-state index >= 15 is 0 Å². The Balaban J connectivity index is 2.96. The molecule has 0 aromatic heterocycles. The van der Waals surface area contributed by atoms with Gasteiger partial charge in [-0.2, -0.15) is 0 Å². The molecule has 0 atom stereocenters. The third-order valence-electron chi connectivity index (χ3n) is 1.98. The van der Waals surface area contributed by atoms with Gasteiger partial charge in [0.15, 0.2) is 4.75 Å². The fourth-order valence-corrected chi connectivity index (χ4v) is 2.55. The van der Waals surface area contributed by atoms with Crippen LogP contribution >= 0.6 is 0 Å². The second-order valence-corrected chi connectivity index (χ2v) is 5.70. The number of nitrogens with zero attached hydrogens (tertiary/aromatic N) is 1. The lowest BCUT2D eigenvalue weighted by atomic mass is 10.2. The van der Waals surface area contributed by atoms with E-state index in [9.17, 15) is 18.0 Å². The third-order valence-corrected chi connectivity index (χ3v) is 4.32. The Labute approximate surface area is 75.7 Å². The first-order valence-electron chi connectivity index (χ1n) is 3.56. The number of rotatable bonds is 2. The highest BCUT2D eigenvalue weighted by atomic mass is 32.2. The van der Waals surface area contributed by atoms with E-state index in [-0.39, 0.29) is 0 Å². The largest absolute Gasteiger partial charge is 0.368 e. The number of carbonyl (C=O) groups is 2. The van der Waals surface area contributed by atoms with Crippen LogP contribution in [-0.4, -0.2) is 35.8 Å². The first kappa shape index (κ1) is 9.97. The minimum Gasteiger partial charge on any atom is -0.368 e. The van der Waals surface area contributed by atoms with Crippen molar-refractivity contribution in [3.63, 3.8) is 0 Å². The predicted molar refractivity (Wildman–Crippen MR) is 43.9 cm³/mol. The normalized spacial score (nSPS) is 23.8. The van der Waals surface area contributed by atoms with E-state index in [2.05, 4.69) is 0 Å². The summed E-state index contributed by atoms with van der Waals surface area (Å²) in [5, 5.41) is 0. The van der Waals surface area contributed by atoms with E-state index in [0.29, 0.717) is 4.31 Å². The molecular weight excluding hydrogens is 196 g/mol. The van der Waals surface area contributed by atoms with Crippen molar-refractivity contribution in [3.8, 4) is 0 Å². The molecule has 0 aliphatic carbocycles. The summed E-state index contributed by atoms with van der Waals surface area (Å²) in [5.74, 6) is -1.43. The minimum atomic E-state index is -3.66. The van der Waals surface area contributed by atoms with Crippen molar-refractivity contribution in [1.82, 2.24) is 4.31 Å². The molecule has 1 aliphatic rings. The Morgan fingerprint density at radius 1 is 1.54 bits per heavy atom. The Hall–Kier alpha value is -1.11. The molecule has 1 rings (SSSR count). The lowest BCUT2D eigenvalue weighted by Crippen LogP contribution is -2.68. The quantitative estimate of drug-likeness (QED) is 0.589. The zero-order valence-corrected chi connectivity index (χ0v) is 8.09. The summed E-state index contributed by atoms with van der Waals surface area (Å²) in [6.07, 6.45) is 0. The maximum Gasteiger partial charge on any atom is 0.259 e. The molecule has 1 saturated heterocycles. The highest BCUT2D eigenvalue weighted by molar-refractivity contribution is 7.94. The smallest absolute Gasteiger partial charge is 0.259 e. The van der Waals surface area contributed by atoms with Gasteiger partial charge in [0.1, 0.15) is 6.54 Å². The van der Waals surface area contributed by atoms with Gasteiger partial charge in [0.2, 0.25) is 5.91 Å². The topological polar surface area (TPSA) is 97.5 Å². The van der Waals surface area contributed by atoms with Gasteiger partial charge >= 0.3 is 0 Å². The van der Waals surface area contributed by atoms with E-state index in [1.165, 1.54) is 13.8 Å². The van der Waals surface area contributed by atoms with E-state index in [4.69, 9.17) is 5.73 Å². The molecule has 0 unspecified atom stereocenters. The van der Waals surface area contributed by atoms with Crippen LogP contribution in [0, 0.1) is 0 Å². The van der Waals surface area contributed by atoms with E-state index in [0.717, 1.165) is 0 Å². The highest BCUT2D eigenvalue weighted by Crippen LogP contribution is 2.34. The molecule has 0 aromatic rings. The minimum absolute atomic E-state index is 0.495. The Kier molecular flexibility index (Phi) is 1.87. The van der Waals surface area contributed by atoms with Crippen molar-refractivity contribution < 1.29 is 18.0 Å². The van der Waals surface area contributed by atoms with Gasteiger partial charge in [0.25, 0.3) is 15.9 Å². The summed E-state index contributed by atoms with van der Waals surface area (Å²) in [4.78, 5) is 21.6. The fraction of sp³-hybridized carbons (Fsp3) is 0.667. The van der Waals surface area contributed by atoms with Crippen LogP contribution in [-0.2, 0) is 19.6 Å². The molecule has 6 nitrogen and oxygen atoms in total. The van der Waals surface area contributed by atoms with Gasteiger partial charge in [-0.25, -0.2) is 12.7 Å². The van der Waals surface area contributed by atoms with E-state index in [1.807, 2.05) is 0 Å². The van der Waals surface area contributed by atoms with Crippen LogP contribution in [0.1, 0.15) is 13.8 Å². The average molecular weight is 206 g/mol. The summed E-state index contributed by atoms with van der Waals surface area (Å²) in [6.45, 7) is 2.02. The Morgan fingerprint density at radius 2 is 2.00 bits per heavy atom. The second kappa shape index (κ2) is 2.44. The SMILES string of the molecule is CC1(C)C(=O)N(CC(N)=O)S1(=O)=O. The third kappa shape index (κ3) is 1.11. The molecule has 74 valence electrons. The summed E-state index contributed by atoms with van der Waals surface area (Å²) >= 11 is 0. The molecular formula is C6H10N2O4S. The molecule has 2 amide bonds. The monoisotopic (exact) mass is 206 g/mol. The number of hydrogen-bond acceptors (Lipinski definition) is 4. The fourth-order valence-electron chi connectivity index (χ4n) is 1.05. The van der Waals surface area contributed by atoms with Crippen LogP contribution in [0.5, 0.6) is 0 Å². The van der Waals surface area contributed by atoms with Crippen LogP contribution < -0.4 is 5.73 Å². The van der Waals surface area contributed by atoms with Crippen molar-refractivity contribution in [1.29, 1.82) is 0 Å². The van der Waals surface area contributed by atoms with Crippen molar-refractivity contribution in [2.24, 2.45) is 5.73 Å². The summed E-state index contributed by atoms with van der Waals surface area (Å²) in [6, 6.07) is 0. The van der Waals surface area contributed by atoms with Gasteiger partial charge in [-0.15, -0.1) is 0 Å². The summed E-state index contributed by atoms with van der Waals surface area (Å²) in [5.41, 5.74) is 4.78. The van der Waals surface area contributed by atoms with Crippen LogP contribution in [0.2, 0.25) is 0 Å². The van der Waals surface area contributed by atoms with Gasteiger partial charge in [-0.05, 0) is 13.8 Å². The summed E-state index contributed by atoms with van der Waals surface area (Å²) in [7, 11) is -3.66. The molecule has 1 fully saturated rings. The number of sulfonamides is 1. The molecule has 0 spiro atoms. The molecule has 0 bridgehead atoms. The molecule has 0 aromatic carbocycles. The van der Waals surface area contributed by atoms with Crippen LogP contribution in [0.4, 0.5) is 0 Å². The molecule has 13 heavy (non-hydrogen) atoms. The van der Waals surface area contributed by atoms with Gasteiger partial charge in [0.05, 0.1) is 0 Å². The lowest BCUT2D eigenvalue weighted by molar-refractivity contribution is -0.135. The standard InChI is InChI=1S/C6H10N2O4S/c1-6(2)5(10)8(3-4(7)9)13(6,11)12/h3H2,1-2H3,(H2,7,9). The van der Waals surface area contributed by atoms with Crippen molar-refractivity contribution in [2.75, 3.05) is 6.54 Å². The molecule has 0 radical (unpaired) electrons. The van der Waals surface area contributed by atoms with E-state index in [1.54, 1.807) is 0 Å². The zero-order valence-electron chi connectivity index (χ0n) is 7.27. The van der Waals surface area contributed by atoms with Crippen LogP contribution in [0.25, 0.3) is 0 Å². The molecule has 1 aliphatic heterocycles. The van der Waals surface area contributed by atoms with Gasteiger partial charge in [-0.3, -0.25) is 9.59 Å². The number of carbonyl (C=O) groups excluding carboxylic acids is 2. The first-order valence-corrected chi connectivity index (χ1v) is 5.00. The van der Waals surface area contributed by atoms with Crippen molar-refractivity contribution in [3.05, 3.63) is 0 Å². The van der Waals surface area contributed by atoms with Crippen molar-refractivity contribution >= 4 is 21.8 Å². The predicted octanol–water partition coefficient (Wildman–Crippen LogP) is -1.58. The zero-order chi connectivity index (χ0) is 10.4. The maximum atomic E-state index is 11.3. The average Bonchev–Trinajstić information content (AvgIpc) is 1.98. The van der Waals surface area contributed by atoms with Crippen LogP contribution in [0.15, 0.2) is 0 Å². The number of amides is 2. The molecule has 0 saturated carbocycles. The second-order valence-electron chi connectivity index (χ2n) is 3.29. The van der Waals surface area contributed by atoms with Crippen molar-refractivity contribution in [2.45, 2.75) is 18.6 Å². The Morgan fingerprint density at radius 3 is 2.31 bits per heavy atom. The maximum absolute atomic E-state index is 11.3.